The van der Waals surface area contributed by atoms with E-state index in [1.54, 1.807) is 0 Å². The van der Waals surface area contributed by atoms with Crippen molar-refractivity contribution < 1.29 is 78.1 Å². The van der Waals surface area contributed by atoms with Gasteiger partial charge in [0, 0.05) is 20.3 Å². The lowest BCUT2D eigenvalue weighted by Crippen LogP contribution is -2.64. The zero-order chi connectivity index (χ0) is 34.8. The Labute approximate surface area is 273 Å². The summed E-state index contributed by atoms with van der Waals surface area (Å²) >= 11 is 0. The van der Waals surface area contributed by atoms with Gasteiger partial charge in [-0.1, -0.05) is 0 Å². The first-order valence-corrected chi connectivity index (χ1v) is 15.6. The van der Waals surface area contributed by atoms with E-state index in [1.165, 1.54) is 13.8 Å². The number of rotatable bonds is 22. The predicted molar refractivity (Wildman–Crippen MR) is 159 cm³/mol. The number of carbonyl (C=O) groups is 2. The van der Waals surface area contributed by atoms with Crippen molar-refractivity contribution in [3.8, 4) is 0 Å². The Morgan fingerprint density at radius 3 is 1.70 bits per heavy atom. The van der Waals surface area contributed by atoms with Gasteiger partial charge < -0.3 is 84.9 Å². The molecule has 10 N–H and O–H groups in total. The number of carbonyl (C=O) groups excluding carboxylic acids is 2. The molecule has 0 radical (unpaired) electrons. The summed E-state index contributed by atoms with van der Waals surface area (Å²) in [5, 5.41) is 64.5. The maximum Gasteiger partial charge on any atom is 0.217 e. The molecule has 0 aromatic heterocycles. The van der Waals surface area contributed by atoms with E-state index in [0.29, 0.717) is 0 Å². The Balaban J connectivity index is 1.50. The van der Waals surface area contributed by atoms with E-state index in [-0.39, 0.29) is 84.4 Å². The molecule has 0 aromatic rings. The van der Waals surface area contributed by atoms with E-state index >= 15 is 0 Å². The van der Waals surface area contributed by atoms with Gasteiger partial charge in [0.1, 0.15) is 36.6 Å². The summed E-state index contributed by atoms with van der Waals surface area (Å²) in [6, 6.07) is -2.15. The molecule has 2 aliphatic heterocycles. The summed E-state index contributed by atoms with van der Waals surface area (Å²) in [5.41, 5.74) is 5.99. The smallest absolute Gasteiger partial charge is 0.217 e. The first-order chi connectivity index (χ1) is 22.5. The van der Waals surface area contributed by atoms with E-state index in [0.717, 1.165) is 0 Å². The van der Waals surface area contributed by atoms with E-state index in [4.69, 9.17) is 43.6 Å². The van der Waals surface area contributed by atoms with E-state index in [9.17, 15) is 40.2 Å². The van der Waals surface area contributed by atoms with E-state index in [2.05, 4.69) is 10.6 Å². The average molecular weight is 688 g/mol. The minimum absolute atomic E-state index is 0.0200. The maximum atomic E-state index is 11.6. The van der Waals surface area contributed by atoms with Crippen LogP contribution in [0.4, 0.5) is 0 Å². The van der Waals surface area contributed by atoms with Crippen molar-refractivity contribution in [2.24, 2.45) is 5.73 Å². The molecule has 19 heteroatoms. The largest absolute Gasteiger partial charge is 0.394 e. The predicted octanol–water partition coefficient (Wildman–Crippen LogP) is -5.31. The van der Waals surface area contributed by atoms with Crippen LogP contribution in [0.2, 0.25) is 0 Å². The van der Waals surface area contributed by atoms with Crippen LogP contribution >= 0.6 is 0 Å². The summed E-state index contributed by atoms with van der Waals surface area (Å²) in [4.78, 5) is 23.0. The molecule has 0 saturated carbocycles. The van der Waals surface area contributed by atoms with Gasteiger partial charge in [-0.05, 0) is 0 Å². The van der Waals surface area contributed by atoms with Crippen LogP contribution in [0, 0.1) is 0 Å². The second-order valence-electron chi connectivity index (χ2n) is 11.1. The van der Waals surface area contributed by atoms with Crippen molar-refractivity contribution in [1.82, 2.24) is 10.6 Å². The summed E-state index contributed by atoms with van der Waals surface area (Å²) in [5.74, 6) is -0.810. The summed E-state index contributed by atoms with van der Waals surface area (Å²) in [6.45, 7) is 3.39. The third kappa shape index (κ3) is 15.2. The SMILES string of the molecule is CC(=O)NC1CC(O)[C@@H](O)C(CO)O[C@H]1OCCOCCOCC(N)COCCOCCO[C@@H]1OC(CO)[C@H](O)C(O)C1NC(C)=O. The van der Waals surface area contributed by atoms with Gasteiger partial charge in [0.05, 0.1) is 97.5 Å². The zero-order valence-electron chi connectivity index (χ0n) is 26.9. The lowest BCUT2D eigenvalue weighted by molar-refractivity contribution is -0.272. The van der Waals surface area contributed by atoms with E-state index < -0.39 is 80.4 Å². The number of aliphatic hydroxyl groups is 6. The van der Waals surface area contributed by atoms with Gasteiger partial charge in [-0.3, -0.25) is 9.59 Å². The van der Waals surface area contributed by atoms with Gasteiger partial charge in [0.15, 0.2) is 12.6 Å². The number of nitrogens with two attached hydrogens (primary N) is 1. The van der Waals surface area contributed by atoms with Gasteiger partial charge >= 0.3 is 0 Å². The fourth-order valence-electron chi connectivity index (χ4n) is 4.82. The Hall–Kier alpha value is -1.66. The first-order valence-electron chi connectivity index (χ1n) is 15.6. The molecule has 19 nitrogen and oxygen atoms in total. The van der Waals surface area contributed by atoms with Crippen LogP contribution in [0.1, 0.15) is 20.3 Å². The first kappa shape index (κ1) is 41.5. The molecule has 0 bridgehead atoms. The molecule has 276 valence electrons. The molecule has 0 spiro atoms. The fourth-order valence-corrected chi connectivity index (χ4v) is 4.82. The number of nitrogens with one attached hydrogen (secondary N) is 2. The minimum Gasteiger partial charge on any atom is -0.394 e. The molecule has 2 fully saturated rings. The number of amides is 2. The highest BCUT2D eigenvalue weighted by Gasteiger charge is 2.45. The Bertz CT molecular complexity index is 878. The fraction of sp³-hybridized carbons (Fsp3) is 0.929. The third-order valence-electron chi connectivity index (χ3n) is 7.15. The highest BCUT2D eigenvalue weighted by atomic mass is 16.7. The van der Waals surface area contributed by atoms with Crippen LogP contribution in [-0.2, 0) is 47.5 Å². The van der Waals surface area contributed by atoms with Gasteiger partial charge in [-0.2, -0.15) is 0 Å². The Morgan fingerprint density at radius 2 is 1.17 bits per heavy atom. The molecule has 2 rings (SSSR count). The second kappa shape index (κ2) is 22.9. The molecule has 2 heterocycles. The molecule has 2 amide bonds. The van der Waals surface area contributed by atoms with Gasteiger partial charge in [0.2, 0.25) is 11.8 Å². The maximum absolute atomic E-state index is 11.6. The third-order valence-corrected chi connectivity index (χ3v) is 7.15. The van der Waals surface area contributed by atoms with Crippen molar-refractivity contribution in [1.29, 1.82) is 0 Å². The zero-order valence-corrected chi connectivity index (χ0v) is 26.9. The Morgan fingerprint density at radius 1 is 0.702 bits per heavy atom. The topological polar surface area (TPSA) is 279 Å². The number of aliphatic hydroxyl groups excluding tert-OH is 6. The molecule has 2 saturated heterocycles. The van der Waals surface area contributed by atoms with E-state index in [1.807, 2.05) is 0 Å². The summed E-state index contributed by atoms with van der Waals surface area (Å²) < 4.78 is 44.2. The normalized spacial score (nSPS) is 32.0. The monoisotopic (exact) mass is 687 g/mol. The van der Waals surface area contributed by atoms with Gasteiger partial charge in [-0.15, -0.1) is 0 Å². The second-order valence-corrected chi connectivity index (χ2v) is 11.1. The Kier molecular flexibility index (Phi) is 20.2. The van der Waals surface area contributed by atoms with Gasteiger partial charge in [-0.25, -0.2) is 0 Å². The number of hydrogen-bond acceptors (Lipinski definition) is 17. The van der Waals surface area contributed by atoms with Crippen molar-refractivity contribution in [3.05, 3.63) is 0 Å². The van der Waals surface area contributed by atoms with Crippen LogP contribution < -0.4 is 16.4 Å². The molecule has 47 heavy (non-hydrogen) atoms. The minimum atomic E-state index is -1.39. The standard InChI is InChI=1S/C28H53N3O16/c1-16(34)30-19-11-20(36)24(37)21(12-32)46-27(19)44-9-7-40-3-5-42-14-18(29)15-43-6-4-41-8-10-45-28-23(31-17(2)35)26(39)25(38)22(13-33)47-28/h18-28,32-33,36-39H,3-15,29H2,1-2H3,(H,30,34)(H,31,35)/t18?,19?,20?,21?,22?,23?,24-,25+,26?,27-,28-/m1/s1. The lowest BCUT2D eigenvalue weighted by atomic mass is 9.97. The van der Waals surface area contributed by atoms with Crippen LogP contribution in [0.5, 0.6) is 0 Å². The van der Waals surface area contributed by atoms with Crippen LogP contribution in [0.15, 0.2) is 0 Å². The molecule has 7 unspecified atom stereocenters. The van der Waals surface area contributed by atoms with Crippen molar-refractivity contribution in [2.45, 2.75) is 87.6 Å². The van der Waals surface area contributed by atoms with Crippen molar-refractivity contribution in [2.75, 3.05) is 79.3 Å². The highest BCUT2D eigenvalue weighted by molar-refractivity contribution is 5.73. The van der Waals surface area contributed by atoms with Crippen molar-refractivity contribution in [3.63, 3.8) is 0 Å². The molecule has 11 atom stereocenters. The molecule has 0 aromatic carbocycles. The summed E-state index contributed by atoms with van der Waals surface area (Å²) in [6.07, 6.45) is -9.60. The molecule has 2 aliphatic rings. The molecule has 0 aliphatic carbocycles. The summed E-state index contributed by atoms with van der Waals surface area (Å²) in [7, 11) is 0. The molecular formula is C28H53N3O16. The van der Waals surface area contributed by atoms with Gasteiger partial charge in [0.25, 0.3) is 0 Å². The van der Waals surface area contributed by atoms with Crippen LogP contribution in [0.3, 0.4) is 0 Å². The lowest BCUT2D eigenvalue weighted by Gasteiger charge is -2.42. The number of hydrogen-bond donors (Lipinski definition) is 9. The van der Waals surface area contributed by atoms with Crippen LogP contribution in [0.25, 0.3) is 0 Å². The molecular weight excluding hydrogens is 634 g/mol. The van der Waals surface area contributed by atoms with Crippen LogP contribution in [-0.4, -0.2) is 189 Å². The van der Waals surface area contributed by atoms with Crippen molar-refractivity contribution >= 4 is 11.8 Å². The quantitative estimate of drug-likeness (QED) is 0.0481. The number of ether oxygens (including phenoxy) is 8. The average Bonchev–Trinajstić information content (AvgIpc) is 3.13. The highest BCUT2D eigenvalue weighted by Crippen LogP contribution is 2.23.